The summed E-state index contributed by atoms with van der Waals surface area (Å²) < 4.78 is 33.5. The highest BCUT2D eigenvalue weighted by atomic mass is 32.2. The molecule has 10 heteroatoms. The summed E-state index contributed by atoms with van der Waals surface area (Å²) in [4.78, 5) is 25.4. The van der Waals surface area contributed by atoms with Crippen LogP contribution in [-0.2, 0) is 27.8 Å². The third kappa shape index (κ3) is 3.88. The van der Waals surface area contributed by atoms with E-state index in [0.29, 0.717) is 13.1 Å². The zero-order valence-corrected chi connectivity index (χ0v) is 17.9. The summed E-state index contributed by atoms with van der Waals surface area (Å²) in [6, 6.07) is 10.0. The van der Waals surface area contributed by atoms with Gasteiger partial charge in [0.05, 0.1) is 18.1 Å². The van der Waals surface area contributed by atoms with Crippen LogP contribution in [0.2, 0.25) is 0 Å². The Morgan fingerprint density at radius 1 is 1.13 bits per heavy atom. The zero-order chi connectivity index (χ0) is 22.2. The van der Waals surface area contributed by atoms with Crippen molar-refractivity contribution in [2.75, 3.05) is 20.2 Å². The van der Waals surface area contributed by atoms with E-state index >= 15 is 0 Å². The van der Waals surface area contributed by atoms with Crippen molar-refractivity contribution in [2.24, 2.45) is 0 Å². The summed E-state index contributed by atoms with van der Waals surface area (Å²) in [6.07, 6.45) is 1.99. The molecule has 1 saturated heterocycles. The standard InChI is InChI=1S/C21H23N3O6S/c1-30-17-8-9-20(18(13-17)24(26)27)31(28,29)23-14-16-7-3-2-6-15(16)12-19(23)21(25)22-10-4-5-11-22/h2-3,6-9,13,19H,4-5,10-12,14H2,1H3/t19-/m0/s1. The van der Waals surface area contributed by atoms with E-state index in [0.717, 1.165) is 34.3 Å². The molecule has 164 valence electrons. The Balaban J connectivity index is 1.81. The van der Waals surface area contributed by atoms with Crippen molar-refractivity contribution < 1.29 is 22.9 Å². The van der Waals surface area contributed by atoms with Gasteiger partial charge in [-0.05, 0) is 42.5 Å². The third-order valence-corrected chi connectivity index (χ3v) is 7.76. The van der Waals surface area contributed by atoms with Gasteiger partial charge in [0.25, 0.3) is 15.7 Å². The minimum Gasteiger partial charge on any atom is -0.497 e. The van der Waals surface area contributed by atoms with Crippen molar-refractivity contribution >= 4 is 21.6 Å². The molecule has 0 N–H and O–H groups in total. The average molecular weight is 445 g/mol. The number of ether oxygens (including phenoxy) is 1. The monoisotopic (exact) mass is 445 g/mol. The van der Waals surface area contributed by atoms with Gasteiger partial charge in [0, 0.05) is 19.6 Å². The topological polar surface area (TPSA) is 110 Å². The van der Waals surface area contributed by atoms with Crippen LogP contribution in [0.4, 0.5) is 5.69 Å². The fraction of sp³-hybridized carbons (Fsp3) is 0.381. The fourth-order valence-electron chi connectivity index (χ4n) is 4.22. The Morgan fingerprint density at radius 2 is 1.81 bits per heavy atom. The molecule has 0 spiro atoms. The minimum absolute atomic E-state index is 0.0219. The van der Waals surface area contributed by atoms with Crippen LogP contribution >= 0.6 is 0 Å². The highest BCUT2D eigenvalue weighted by Gasteiger charge is 2.43. The maximum atomic E-state index is 13.7. The van der Waals surface area contributed by atoms with E-state index in [1.807, 2.05) is 24.3 Å². The Bertz CT molecular complexity index is 1130. The molecule has 0 radical (unpaired) electrons. The van der Waals surface area contributed by atoms with Gasteiger partial charge in [-0.1, -0.05) is 24.3 Å². The number of fused-ring (bicyclic) bond motifs is 1. The van der Waals surface area contributed by atoms with Crippen LogP contribution in [-0.4, -0.2) is 54.7 Å². The molecule has 1 fully saturated rings. The van der Waals surface area contributed by atoms with E-state index in [1.165, 1.54) is 19.2 Å². The number of nitrogens with zero attached hydrogens (tertiary/aromatic N) is 3. The van der Waals surface area contributed by atoms with E-state index in [4.69, 9.17) is 4.74 Å². The number of likely N-dealkylation sites (tertiary alicyclic amines) is 1. The van der Waals surface area contributed by atoms with Crippen molar-refractivity contribution in [1.29, 1.82) is 0 Å². The fourth-order valence-corrected chi connectivity index (χ4v) is 5.92. The molecule has 0 bridgehead atoms. The van der Waals surface area contributed by atoms with Crippen molar-refractivity contribution in [3.8, 4) is 5.75 Å². The number of carbonyl (C=O) groups excluding carboxylic acids is 1. The SMILES string of the molecule is COc1ccc(S(=O)(=O)N2Cc3ccccc3C[C@H]2C(=O)N2CCCC2)c([N+](=O)[O-])c1. The second kappa shape index (κ2) is 8.27. The number of nitro groups is 1. The number of hydrogen-bond acceptors (Lipinski definition) is 6. The Kier molecular flexibility index (Phi) is 5.67. The number of amides is 1. The van der Waals surface area contributed by atoms with Crippen molar-refractivity contribution in [2.45, 2.75) is 36.7 Å². The molecule has 0 unspecified atom stereocenters. The Hall–Kier alpha value is -2.98. The molecular formula is C21H23N3O6S. The average Bonchev–Trinajstić information content (AvgIpc) is 3.32. The molecule has 4 rings (SSSR count). The maximum Gasteiger partial charge on any atom is 0.293 e. The van der Waals surface area contributed by atoms with Gasteiger partial charge in [-0.3, -0.25) is 14.9 Å². The van der Waals surface area contributed by atoms with E-state index in [1.54, 1.807) is 4.90 Å². The van der Waals surface area contributed by atoms with Crippen molar-refractivity contribution in [3.63, 3.8) is 0 Å². The summed E-state index contributed by atoms with van der Waals surface area (Å²) in [5, 5.41) is 11.6. The molecule has 2 aliphatic heterocycles. The number of hydrogen-bond donors (Lipinski definition) is 0. The smallest absolute Gasteiger partial charge is 0.293 e. The van der Waals surface area contributed by atoms with E-state index in [9.17, 15) is 23.3 Å². The Morgan fingerprint density at radius 3 is 2.45 bits per heavy atom. The van der Waals surface area contributed by atoms with Crippen LogP contribution in [0.3, 0.4) is 0 Å². The molecule has 0 aliphatic carbocycles. The normalized spacial score (nSPS) is 19.1. The quantitative estimate of drug-likeness (QED) is 0.516. The van der Waals surface area contributed by atoms with Crippen LogP contribution in [0, 0.1) is 10.1 Å². The molecule has 31 heavy (non-hydrogen) atoms. The molecule has 1 atom stereocenters. The van der Waals surface area contributed by atoms with Gasteiger partial charge in [-0.25, -0.2) is 8.42 Å². The maximum absolute atomic E-state index is 13.7. The molecule has 2 aromatic rings. The first-order valence-corrected chi connectivity index (χ1v) is 11.5. The van der Waals surface area contributed by atoms with Crippen molar-refractivity contribution in [3.05, 3.63) is 63.7 Å². The third-order valence-electron chi connectivity index (χ3n) is 5.86. The van der Waals surface area contributed by atoms with Crippen LogP contribution < -0.4 is 4.74 Å². The molecule has 0 aromatic heterocycles. The van der Waals surface area contributed by atoms with Gasteiger partial charge in [-0.2, -0.15) is 4.31 Å². The molecular weight excluding hydrogens is 422 g/mol. The number of carbonyl (C=O) groups is 1. The van der Waals surface area contributed by atoms with Gasteiger partial charge < -0.3 is 9.64 Å². The second-order valence-corrected chi connectivity index (χ2v) is 9.52. The van der Waals surface area contributed by atoms with Gasteiger partial charge in [0.15, 0.2) is 4.90 Å². The molecule has 9 nitrogen and oxygen atoms in total. The Labute approximate surface area is 180 Å². The van der Waals surface area contributed by atoms with Gasteiger partial charge in [-0.15, -0.1) is 0 Å². The second-order valence-electron chi connectivity index (χ2n) is 7.66. The summed E-state index contributed by atoms with van der Waals surface area (Å²) >= 11 is 0. The first-order valence-electron chi connectivity index (χ1n) is 10.0. The molecule has 2 aromatic carbocycles. The van der Waals surface area contributed by atoms with Crippen LogP contribution in [0.25, 0.3) is 0 Å². The number of methoxy groups -OCH3 is 1. The lowest BCUT2D eigenvalue weighted by atomic mass is 9.95. The van der Waals surface area contributed by atoms with E-state index in [2.05, 4.69) is 0 Å². The molecule has 2 aliphatic rings. The van der Waals surface area contributed by atoms with E-state index < -0.39 is 31.6 Å². The number of rotatable bonds is 5. The summed E-state index contributed by atoms with van der Waals surface area (Å²) in [5.41, 5.74) is 1.12. The summed E-state index contributed by atoms with van der Waals surface area (Å²) in [6.45, 7) is 1.16. The summed E-state index contributed by atoms with van der Waals surface area (Å²) in [7, 11) is -2.99. The highest BCUT2D eigenvalue weighted by Crippen LogP contribution is 2.35. The zero-order valence-electron chi connectivity index (χ0n) is 17.1. The van der Waals surface area contributed by atoms with E-state index in [-0.39, 0.29) is 24.6 Å². The van der Waals surface area contributed by atoms with Gasteiger partial charge >= 0.3 is 0 Å². The number of benzene rings is 2. The van der Waals surface area contributed by atoms with Crippen LogP contribution in [0.1, 0.15) is 24.0 Å². The van der Waals surface area contributed by atoms with Gasteiger partial charge in [0.1, 0.15) is 11.8 Å². The molecule has 1 amide bonds. The largest absolute Gasteiger partial charge is 0.497 e. The lowest BCUT2D eigenvalue weighted by Crippen LogP contribution is -2.53. The van der Waals surface area contributed by atoms with Crippen LogP contribution in [0.5, 0.6) is 5.75 Å². The summed E-state index contributed by atoms with van der Waals surface area (Å²) in [5.74, 6) is -0.0777. The predicted molar refractivity (Wildman–Crippen MR) is 112 cm³/mol. The molecule has 2 heterocycles. The van der Waals surface area contributed by atoms with Crippen molar-refractivity contribution in [1.82, 2.24) is 9.21 Å². The number of sulfonamides is 1. The lowest BCUT2D eigenvalue weighted by Gasteiger charge is -2.36. The first kappa shape index (κ1) is 21.3. The minimum atomic E-state index is -4.34. The van der Waals surface area contributed by atoms with Crippen LogP contribution in [0.15, 0.2) is 47.4 Å². The number of nitro benzene ring substituents is 1. The molecule has 0 saturated carbocycles. The predicted octanol–water partition coefficient (Wildman–Crippen LogP) is 2.34. The lowest BCUT2D eigenvalue weighted by molar-refractivity contribution is -0.387. The van der Waals surface area contributed by atoms with Gasteiger partial charge in [0.2, 0.25) is 5.91 Å². The first-order chi connectivity index (χ1) is 14.8. The highest BCUT2D eigenvalue weighted by molar-refractivity contribution is 7.89.